The maximum absolute atomic E-state index is 12.6. The normalized spacial score (nSPS) is 18.3. The Morgan fingerprint density at radius 3 is 2.62 bits per heavy atom. The second-order valence-corrected chi connectivity index (χ2v) is 8.35. The Morgan fingerprint density at radius 2 is 2.05 bits per heavy atom. The standard InChI is InChI=1S/C14H22BrN3O2S/c1-3-6-18-7-4-13(5-8-18)17(2)21(19,20)14-9-12(15)10-16-11-14/h9-11,13H,3-8H2,1-2H3. The van der Waals surface area contributed by atoms with Gasteiger partial charge < -0.3 is 4.90 Å². The van der Waals surface area contributed by atoms with Crippen LogP contribution in [0.4, 0.5) is 0 Å². The number of nitrogens with zero attached hydrogens (tertiary/aromatic N) is 3. The first-order valence-corrected chi connectivity index (χ1v) is 9.49. The van der Waals surface area contributed by atoms with Crippen LogP contribution in [0.1, 0.15) is 26.2 Å². The zero-order chi connectivity index (χ0) is 15.5. The minimum atomic E-state index is -3.47. The van der Waals surface area contributed by atoms with Crippen molar-refractivity contribution >= 4 is 26.0 Å². The van der Waals surface area contributed by atoms with E-state index in [1.54, 1.807) is 19.3 Å². The summed E-state index contributed by atoms with van der Waals surface area (Å²) in [5.74, 6) is 0. The van der Waals surface area contributed by atoms with Gasteiger partial charge in [0, 0.05) is 30.0 Å². The van der Waals surface area contributed by atoms with Crippen LogP contribution in [0.15, 0.2) is 27.8 Å². The molecule has 0 saturated carbocycles. The summed E-state index contributed by atoms with van der Waals surface area (Å²) in [6, 6.07) is 1.67. The van der Waals surface area contributed by atoms with Gasteiger partial charge in [-0.3, -0.25) is 4.98 Å². The van der Waals surface area contributed by atoms with Crippen LogP contribution in [-0.2, 0) is 10.0 Å². The van der Waals surface area contributed by atoms with Crippen molar-refractivity contribution in [3.63, 3.8) is 0 Å². The van der Waals surface area contributed by atoms with Gasteiger partial charge in [-0.2, -0.15) is 4.31 Å². The number of rotatable bonds is 5. The van der Waals surface area contributed by atoms with E-state index in [2.05, 4.69) is 32.7 Å². The summed E-state index contributed by atoms with van der Waals surface area (Å²) in [7, 11) is -1.79. The fourth-order valence-electron chi connectivity index (χ4n) is 2.72. The number of hydrogen-bond acceptors (Lipinski definition) is 4. The number of halogens is 1. The Hall–Kier alpha value is -0.500. The Labute approximate surface area is 135 Å². The van der Waals surface area contributed by atoms with Crippen molar-refractivity contribution in [2.45, 2.75) is 37.1 Å². The van der Waals surface area contributed by atoms with Gasteiger partial charge >= 0.3 is 0 Å². The second kappa shape index (κ2) is 7.17. The first kappa shape index (κ1) is 16.9. The summed E-state index contributed by atoms with van der Waals surface area (Å²) in [4.78, 5) is 6.60. The van der Waals surface area contributed by atoms with E-state index in [1.807, 2.05) is 0 Å². The van der Waals surface area contributed by atoms with Gasteiger partial charge in [-0.1, -0.05) is 6.92 Å². The minimum absolute atomic E-state index is 0.0714. The highest BCUT2D eigenvalue weighted by molar-refractivity contribution is 9.10. The van der Waals surface area contributed by atoms with E-state index < -0.39 is 10.0 Å². The van der Waals surface area contributed by atoms with Gasteiger partial charge in [0.25, 0.3) is 0 Å². The molecule has 1 saturated heterocycles. The molecule has 7 heteroatoms. The zero-order valence-electron chi connectivity index (χ0n) is 12.5. The Balaban J connectivity index is 2.07. The molecule has 0 aromatic carbocycles. The third kappa shape index (κ3) is 4.03. The van der Waals surface area contributed by atoms with Crippen molar-refractivity contribution in [2.75, 3.05) is 26.7 Å². The van der Waals surface area contributed by atoms with Gasteiger partial charge in [0.1, 0.15) is 4.90 Å². The van der Waals surface area contributed by atoms with Crippen LogP contribution in [0.5, 0.6) is 0 Å². The van der Waals surface area contributed by atoms with Crippen molar-refractivity contribution in [1.29, 1.82) is 0 Å². The predicted molar refractivity (Wildman–Crippen MR) is 86.6 cm³/mol. The average molecular weight is 376 g/mol. The molecule has 1 aromatic heterocycles. The largest absolute Gasteiger partial charge is 0.303 e. The molecule has 1 aliphatic heterocycles. The molecule has 0 unspecified atom stereocenters. The molecule has 118 valence electrons. The highest BCUT2D eigenvalue weighted by Gasteiger charge is 2.30. The SMILES string of the molecule is CCCN1CCC(N(C)S(=O)(=O)c2cncc(Br)c2)CC1. The van der Waals surface area contributed by atoms with E-state index >= 15 is 0 Å². The first-order chi connectivity index (χ1) is 9.95. The number of aromatic nitrogens is 1. The molecule has 0 bridgehead atoms. The third-order valence-electron chi connectivity index (χ3n) is 3.97. The van der Waals surface area contributed by atoms with Gasteiger partial charge in [0.15, 0.2) is 0 Å². The Bertz CT molecular complexity index is 571. The molecular formula is C14H22BrN3O2S. The molecule has 21 heavy (non-hydrogen) atoms. The van der Waals surface area contributed by atoms with Crippen LogP contribution in [0.3, 0.4) is 0 Å². The lowest BCUT2D eigenvalue weighted by atomic mass is 10.1. The summed E-state index contributed by atoms with van der Waals surface area (Å²) in [6.45, 7) is 5.20. The first-order valence-electron chi connectivity index (χ1n) is 7.26. The molecule has 0 amide bonds. The maximum atomic E-state index is 12.6. The molecule has 0 atom stereocenters. The molecule has 2 rings (SSSR count). The van der Waals surface area contributed by atoms with Crippen LogP contribution in [0.25, 0.3) is 0 Å². The lowest BCUT2D eigenvalue weighted by Gasteiger charge is -2.36. The third-order valence-corrected chi connectivity index (χ3v) is 6.28. The monoisotopic (exact) mass is 375 g/mol. The predicted octanol–water partition coefficient (Wildman–Crippen LogP) is 2.34. The van der Waals surface area contributed by atoms with Gasteiger partial charge in [-0.05, 0) is 60.9 Å². The number of hydrogen-bond donors (Lipinski definition) is 0. The van der Waals surface area contributed by atoms with Gasteiger partial charge in [0.2, 0.25) is 10.0 Å². The molecule has 2 heterocycles. The van der Waals surface area contributed by atoms with Crippen LogP contribution in [0, 0.1) is 0 Å². The molecule has 1 fully saturated rings. The maximum Gasteiger partial charge on any atom is 0.244 e. The van der Waals surface area contributed by atoms with Gasteiger partial charge in [-0.15, -0.1) is 0 Å². The van der Waals surface area contributed by atoms with Gasteiger partial charge in [-0.25, -0.2) is 8.42 Å². The van der Waals surface area contributed by atoms with Crippen LogP contribution >= 0.6 is 15.9 Å². The summed E-state index contributed by atoms with van der Waals surface area (Å²) in [5.41, 5.74) is 0. The van der Waals surface area contributed by atoms with Crippen LogP contribution in [0.2, 0.25) is 0 Å². The van der Waals surface area contributed by atoms with Crippen LogP contribution in [-0.4, -0.2) is 55.3 Å². The molecule has 5 nitrogen and oxygen atoms in total. The van der Waals surface area contributed by atoms with Crippen molar-refractivity contribution < 1.29 is 8.42 Å². The average Bonchev–Trinajstić information content (AvgIpc) is 2.47. The summed E-state index contributed by atoms with van der Waals surface area (Å²) < 4.78 is 27.5. The van der Waals surface area contributed by atoms with Crippen molar-refractivity contribution in [2.24, 2.45) is 0 Å². The molecule has 0 radical (unpaired) electrons. The topological polar surface area (TPSA) is 53.5 Å². The Morgan fingerprint density at radius 1 is 1.38 bits per heavy atom. The minimum Gasteiger partial charge on any atom is -0.303 e. The lowest BCUT2D eigenvalue weighted by Crippen LogP contribution is -2.45. The molecule has 0 aliphatic carbocycles. The zero-order valence-corrected chi connectivity index (χ0v) is 14.9. The molecule has 1 aliphatic rings. The quantitative estimate of drug-likeness (QED) is 0.792. The molecule has 0 spiro atoms. The van der Waals surface area contributed by atoms with E-state index in [1.165, 1.54) is 10.5 Å². The summed E-state index contributed by atoms with van der Waals surface area (Å²) >= 11 is 3.27. The van der Waals surface area contributed by atoms with E-state index in [-0.39, 0.29) is 10.9 Å². The van der Waals surface area contributed by atoms with E-state index in [4.69, 9.17) is 0 Å². The fourth-order valence-corrected chi connectivity index (χ4v) is 4.64. The van der Waals surface area contributed by atoms with Crippen molar-refractivity contribution in [3.05, 3.63) is 22.9 Å². The van der Waals surface area contributed by atoms with Gasteiger partial charge in [0.05, 0.1) is 0 Å². The van der Waals surface area contributed by atoms with Crippen molar-refractivity contribution in [1.82, 2.24) is 14.2 Å². The number of sulfonamides is 1. The summed E-state index contributed by atoms with van der Waals surface area (Å²) in [6.07, 6.45) is 5.90. The lowest BCUT2D eigenvalue weighted by molar-refractivity contribution is 0.170. The highest BCUT2D eigenvalue weighted by atomic mass is 79.9. The number of piperidine rings is 1. The number of likely N-dealkylation sites (tertiary alicyclic amines) is 1. The molecular weight excluding hydrogens is 354 g/mol. The smallest absolute Gasteiger partial charge is 0.244 e. The summed E-state index contributed by atoms with van der Waals surface area (Å²) in [5, 5.41) is 0. The van der Waals surface area contributed by atoms with Crippen LogP contribution < -0.4 is 0 Å². The highest BCUT2D eigenvalue weighted by Crippen LogP contribution is 2.23. The molecule has 1 aromatic rings. The second-order valence-electron chi connectivity index (χ2n) is 5.43. The molecule has 0 N–H and O–H groups in total. The van der Waals surface area contributed by atoms with E-state index in [0.717, 1.165) is 38.9 Å². The number of pyridine rings is 1. The van der Waals surface area contributed by atoms with Crippen molar-refractivity contribution in [3.8, 4) is 0 Å². The fraction of sp³-hybridized carbons (Fsp3) is 0.643. The van der Waals surface area contributed by atoms with E-state index in [9.17, 15) is 8.42 Å². The van der Waals surface area contributed by atoms with E-state index in [0.29, 0.717) is 4.47 Å². The Kier molecular flexibility index (Phi) is 5.76.